The van der Waals surface area contributed by atoms with Crippen LogP contribution in [-0.4, -0.2) is 30.2 Å². The van der Waals surface area contributed by atoms with Gasteiger partial charge in [-0.3, -0.25) is 10.1 Å². The first-order valence-corrected chi connectivity index (χ1v) is 7.10. The normalized spacial score (nSPS) is 17.7. The molecule has 0 saturated carbocycles. The number of carbonyl (C=O) groups excluding carboxylic acids is 2. The Morgan fingerprint density at radius 2 is 2.19 bits per heavy atom. The molecular formula is C14H16ClN3O3. The first-order valence-electron chi connectivity index (χ1n) is 6.56. The van der Waals surface area contributed by atoms with E-state index in [2.05, 4.69) is 15.8 Å². The molecule has 7 heteroatoms. The highest BCUT2D eigenvalue weighted by Crippen LogP contribution is 2.18. The van der Waals surface area contributed by atoms with E-state index in [1.54, 1.807) is 12.1 Å². The number of ether oxygens (including phenoxy) is 1. The molecule has 0 bridgehead atoms. The Morgan fingerprint density at radius 1 is 1.48 bits per heavy atom. The highest BCUT2D eigenvalue weighted by molar-refractivity contribution is 6.18. The summed E-state index contributed by atoms with van der Waals surface area (Å²) in [5.41, 5.74) is 4.82. The second-order valence-electron chi connectivity index (χ2n) is 4.66. The number of nitrogens with one attached hydrogen (secondary N) is 2. The number of halogens is 1. The summed E-state index contributed by atoms with van der Waals surface area (Å²) in [5.74, 6) is 0.244. The van der Waals surface area contributed by atoms with Crippen LogP contribution in [-0.2, 0) is 9.53 Å². The summed E-state index contributed by atoms with van der Waals surface area (Å²) < 4.78 is 4.82. The van der Waals surface area contributed by atoms with Crippen LogP contribution in [0.2, 0.25) is 0 Å². The standard InChI is InChI=1S/C14H16ClN3O3/c1-9-8-12(19)17-18-13(9)10-2-4-11(5-3-10)16-14(20)21-7-6-15/h2-5,9H,6-8H2,1H3,(H,16,20)(H,17,19). The van der Waals surface area contributed by atoms with Gasteiger partial charge in [0.15, 0.2) is 0 Å². The molecule has 1 unspecified atom stereocenters. The minimum atomic E-state index is -0.543. The van der Waals surface area contributed by atoms with E-state index < -0.39 is 6.09 Å². The number of rotatable bonds is 4. The average molecular weight is 310 g/mol. The Morgan fingerprint density at radius 3 is 2.81 bits per heavy atom. The molecule has 0 saturated heterocycles. The van der Waals surface area contributed by atoms with Crippen molar-refractivity contribution in [3.63, 3.8) is 0 Å². The van der Waals surface area contributed by atoms with Crippen molar-refractivity contribution >= 4 is 35.0 Å². The lowest BCUT2D eigenvalue weighted by molar-refractivity contribution is -0.121. The zero-order valence-electron chi connectivity index (χ0n) is 11.6. The van der Waals surface area contributed by atoms with Crippen molar-refractivity contribution in [3.8, 4) is 0 Å². The molecule has 0 aliphatic carbocycles. The molecule has 21 heavy (non-hydrogen) atoms. The number of anilines is 1. The highest BCUT2D eigenvalue weighted by atomic mass is 35.5. The van der Waals surface area contributed by atoms with Crippen molar-refractivity contribution in [1.82, 2.24) is 5.43 Å². The van der Waals surface area contributed by atoms with Gasteiger partial charge in [-0.05, 0) is 17.7 Å². The van der Waals surface area contributed by atoms with E-state index in [1.165, 1.54) is 0 Å². The van der Waals surface area contributed by atoms with E-state index in [0.29, 0.717) is 12.1 Å². The number of alkyl halides is 1. The number of nitrogens with zero attached hydrogens (tertiary/aromatic N) is 1. The molecule has 2 N–H and O–H groups in total. The van der Waals surface area contributed by atoms with E-state index in [9.17, 15) is 9.59 Å². The van der Waals surface area contributed by atoms with Crippen molar-refractivity contribution in [3.05, 3.63) is 29.8 Å². The van der Waals surface area contributed by atoms with Crippen LogP contribution in [0.1, 0.15) is 18.9 Å². The van der Waals surface area contributed by atoms with Crippen molar-refractivity contribution in [2.24, 2.45) is 11.0 Å². The molecule has 2 amide bonds. The fourth-order valence-corrected chi connectivity index (χ4v) is 2.09. The first kappa shape index (κ1) is 15.3. The average Bonchev–Trinajstić information content (AvgIpc) is 2.46. The van der Waals surface area contributed by atoms with Gasteiger partial charge < -0.3 is 4.74 Å². The molecule has 0 aromatic heterocycles. The van der Waals surface area contributed by atoms with Crippen LogP contribution in [0.5, 0.6) is 0 Å². The van der Waals surface area contributed by atoms with Crippen LogP contribution in [0.4, 0.5) is 10.5 Å². The molecule has 1 aliphatic heterocycles. The zero-order valence-corrected chi connectivity index (χ0v) is 12.3. The molecule has 1 aromatic rings. The molecule has 2 rings (SSSR count). The molecule has 0 spiro atoms. The summed E-state index contributed by atoms with van der Waals surface area (Å²) in [6.45, 7) is 2.12. The van der Waals surface area contributed by atoms with E-state index >= 15 is 0 Å². The Balaban J connectivity index is 2.02. The number of benzene rings is 1. The topological polar surface area (TPSA) is 79.8 Å². The minimum Gasteiger partial charge on any atom is -0.448 e. The monoisotopic (exact) mass is 309 g/mol. The predicted octanol–water partition coefficient (Wildman–Crippen LogP) is 2.33. The molecule has 1 heterocycles. The second kappa shape index (κ2) is 7.08. The molecule has 0 fully saturated rings. The largest absolute Gasteiger partial charge is 0.448 e. The second-order valence-corrected chi connectivity index (χ2v) is 5.04. The van der Waals surface area contributed by atoms with Gasteiger partial charge in [0.2, 0.25) is 5.91 Å². The van der Waals surface area contributed by atoms with Gasteiger partial charge in [0.25, 0.3) is 0 Å². The molecule has 6 nitrogen and oxygen atoms in total. The third-order valence-corrected chi connectivity index (χ3v) is 3.15. The maximum absolute atomic E-state index is 11.4. The minimum absolute atomic E-state index is 0.0613. The van der Waals surface area contributed by atoms with Crippen LogP contribution in [0.15, 0.2) is 29.4 Å². The Bertz CT molecular complexity index is 557. The molecule has 1 atom stereocenters. The first-order chi connectivity index (χ1) is 10.1. The number of carbonyl (C=O) groups is 2. The van der Waals surface area contributed by atoms with Crippen molar-refractivity contribution in [2.45, 2.75) is 13.3 Å². The number of amides is 2. The molecule has 0 radical (unpaired) electrons. The van der Waals surface area contributed by atoms with Crippen LogP contribution in [0, 0.1) is 5.92 Å². The maximum atomic E-state index is 11.4. The molecular weight excluding hydrogens is 294 g/mol. The maximum Gasteiger partial charge on any atom is 0.411 e. The fraction of sp³-hybridized carbons (Fsp3) is 0.357. The van der Waals surface area contributed by atoms with Gasteiger partial charge in [-0.1, -0.05) is 19.1 Å². The highest BCUT2D eigenvalue weighted by Gasteiger charge is 2.21. The summed E-state index contributed by atoms with van der Waals surface area (Å²) in [4.78, 5) is 22.6. The van der Waals surface area contributed by atoms with Gasteiger partial charge in [-0.25, -0.2) is 10.2 Å². The van der Waals surface area contributed by atoms with Crippen LogP contribution < -0.4 is 10.7 Å². The quantitative estimate of drug-likeness (QED) is 0.838. The molecule has 112 valence electrons. The summed E-state index contributed by atoms with van der Waals surface area (Å²) in [7, 11) is 0. The Hall–Kier alpha value is -2.08. The molecule has 1 aliphatic rings. The van der Waals surface area contributed by atoms with E-state index in [1.807, 2.05) is 19.1 Å². The zero-order chi connectivity index (χ0) is 15.2. The van der Waals surface area contributed by atoms with Gasteiger partial charge in [0, 0.05) is 18.0 Å². The number of hydrogen-bond acceptors (Lipinski definition) is 4. The van der Waals surface area contributed by atoms with Gasteiger partial charge in [-0.2, -0.15) is 5.10 Å². The predicted molar refractivity (Wildman–Crippen MR) is 80.6 cm³/mol. The van der Waals surface area contributed by atoms with Crippen molar-refractivity contribution in [2.75, 3.05) is 17.8 Å². The summed E-state index contributed by atoms with van der Waals surface area (Å²) in [5, 5.41) is 6.68. The third kappa shape index (κ3) is 4.19. The fourth-order valence-electron chi connectivity index (χ4n) is 2.01. The van der Waals surface area contributed by atoms with Gasteiger partial charge in [0.1, 0.15) is 6.61 Å². The smallest absolute Gasteiger partial charge is 0.411 e. The van der Waals surface area contributed by atoms with Crippen LogP contribution in [0.25, 0.3) is 0 Å². The Labute approximate surface area is 127 Å². The third-order valence-electron chi connectivity index (χ3n) is 3.00. The summed E-state index contributed by atoms with van der Waals surface area (Å²) in [6.07, 6.45) is -0.122. The van der Waals surface area contributed by atoms with E-state index in [0.717, 1.165) is 11.3 Å². The lowest BCUT2D eigenvalue weighted by atomic mass is 9.94. The Kier molecular flexibility index (Phi) is 5.16. The van der Waals surface area contributed by atoms with Crippen LogP contribution in [0.3, 0.4) is 0 Å². The summed E-state index contributed by atoms with van der Waals surface area (Å²) in [6, 6.07) is 7.18. The van der Waals surface area contributed by atoms with Gasteiger partial charge >= 0.3 is 6.09 Å². The van der Waals surface area contributed by atoms with Crippen molar-refractivity contribution < 1.29 is 14.3 Å². The number of hydrogen-bond donors (Lipinski definition) is 2. The van der Waals surface area contributed by atoms with Gasteiger partial charge in [0.05, 0.1) is 11.6 Å². The molecule has 1 aromatic carbocycles. The number of hydrazone groups is 1. The lowest BCUT2D eigenvalue weighted by Crippen LogP contribution is -2.31. The van der Waals surface area contributed by atoms with Gasteiger partial charge in [-0.15, -0.1) is 11.6 Å². The lowest BCUT2D eigenvalue weighted by Gasteiger charge is -2.19. The van der Waals surface area contributed by atoms with Crippen molar-refractivity contribution in [1.29, 1.82) is 0 Å². The SMILES string of the molecule is CC1CC(=O)NN=C1c1ccc(NC(=O)OCCCl)cc1. The van der Waals surface area contributed by atoms with E-state index in [-0.39, 0.29) is 24.3 Å². The van der Waals surface area contributed by atoms with Crippen LogP contribution >= 0.6 is 11.6 Å². The van der Waals surface area contributed by atoms with E-state index in [4.69, 9.17) is 16.3 Å². The summed E-state index contributed by atoms with van der Waals surface area (Å²) >= 11 is 5.43.